The summed E-state index contributed by atoms with van der Waals surface area (Å²) in [5.41, 5.74) is 2.63. The molecule has 10 heteroatoms. The number of alkyl halides is 1. The molecule has 0 atom stereocenters. The van der Waals surface area contributed by atoms with Gasteiger partial charge >= 0.3 is 5.97 Å². The number of aliphatic hydroxyl groups is 1. The molecule has 0 saturated heterocycles. The summed E-state index contributed by atoms with van der Waals surface area (Å²) >= 11 is 19.9. The molecule has 0 aliphatic heterocycles. The molecule has 0 aliphatic carbocycles. The van der Waals surface area contributed by atoms with Crippen LogP contribution in [-0.4, -0.2) is 16.2 Å². The Hall–Kier alpha value is 1.20. The lowest BCUT2D eigenvalue weighted by Gasteiger charge is -1.99. The van der Waals surface area contributed by atoms with Gasteiger partial charge in [-0.25, -0.2) is 4.79 Å². The third kappa shape index (κ3) is 19.8. The lowest BCUT2D eigenvalue weighted by atomic mass is 10.2. The van der Waals surface area contributed by atoms with E-state index in [9.17, 15) is 4.79 Å². The topological polar surface area (TPSA) is 57.5 Å². The van der Waals surface area contributed by atoms with Gasteiger partial charge in [-0.05, 0) is 133 Å². The molecular weight excluding hydrogens is 1070 g/mol. The van der Waals surface area contributed by atoms with Gasteiger partial charge in [-0.1, -0.05) is 105 Å². The van der Waals surface area contributed by atoms with E-state index in [1.165, 1.54) is 9.13 Å². The highest BCUT2D eigenvalue weighted by atomic mass is 127. The molecule has 3 aromatic rings. The summed E-state index contributed by atoms with van der Waals surface area (Å²) in [5, 5.41) is 18.4. The third-order valence-electron chi connectivity index (χ3n) is 3.49. The summed E-state index contributed by atoms with van der Waals surface area (Å²) in [7, 11) is 0. The second-order valence-corrected chi connectivity index (χ2v) is 12.5. The van der Waals surface area contributed by atoms with Crippen LogP contribution in [0.3, 0.4) is 0 Å². The van der Waals surface area contributed by atoms with Gasteiger partial charge in [-0.2, -0.15) is 0 Å². The second-order valence-electron chi connectivity index (χ2n) is 5.69. The fourth-order valence-corrected chi connectivity index (χ4v) is 5.74. The zero-order valence-electron chi connectivity index (χ0n) is 21.6. The smallest absolute Gasteiger partial charge is 0.336 e. The first-order chi connectivity index (χ1) is 17.6. The standard InChI is InChI=1S/C7H5Br2I.C7H4BrIO2.C7H6BrIO.3C2H6/c8-4-5-3-6(9)1-2-7(5)10;8-4-1-2-6(9)5(3-4)7(10)11;8-6-1-2-7(9)5(3-6)4-10;3*1-2/h1-3H,4H2;1-3H,(H,10,11);1-3,10H,4H2;3*1-2H3. The molecule has 0 spiro atoms. The number of rotatable bonds is 3. The summed E-state index contributed by atoms with van der Waals surface area (Å²) in [6.07, 6.45) is 0. The number of carboxylic acid groups (broad SMARTS) is 1. The molecule has 0 aliphatic rings. The molecule has 3 nitrogen and oxygen atoms in total. The highest BCUT2D eigenvalue weighted by molar-refractivity contribution is 14.1. The maximum Gasteiger partial charge on any atom is 0.336 e. The number of hydrogen-bond donors (Lipinski definition) is 2. The van der Waals surface area contributed by atoms with Crippen molar-refractivity contribution in [2.24, 2.45) is 0 Å². The molecule has 3 aromatic carbocycles. The summed E-state index contributed by atoms with van der Waals surface area (Å²) < 4.78 is 6.09. The number of hydrogen-bond acceptors (Lipinski definition) is 2. The largest absolute Gasteiger partial charge is 0.478 e. The van der Waals surface area contributed by atoms with Gasteiger partial charge in [-0.15, -0.1) is 0 Å². The van der Waals surface area contributed by atoms with Crippen LogP contribution in [0.2, 0.25) is 0 Å². The van der Waals surface area contributed by atoms with Crippen LogP contribution in [0.4, 0.5) is 0 Å². The van der Waals surface area contributed by atoms with Crippen molar-refractivity contribution < 1.29 is 15.0 Å². The SMILES string of the molecule is BrCc1cc(Br)ccc1I.CC.CC.CC.O=C(O)c1cc(Br)ccc1I.OCc1cc(Br)ccc1I. The Morgan fingerprint density at radius 2 is 1.03 bits per heavy atom. The Morgan fingerprint density at radius 1 is 0.676 bits per heavy atom. The first kappa shape index (κ1) is 42.7. The molecule has 0 saturated carbocycles. The molecule has 208 valence electrons. The number of halogens is 7. The van der Waals surface area contributed by atoms with E-state index in [0.29, 0.717) is 5.56 Å². The Morgan fingerprint density at radius 3 is 1.32 bits per heavy atom. The molecule has 0 aromatic heterocycles. The zero-order valence-corrected chi connectivity index (χ0v) is 34.4. The van der Waals surface area contributed by atoms with Crippen molar-refractivity contribution in [3.8, 4) is 0 Å². The highest BCUT2D eigenvalue weighted by Crippen LogP contribution is 2.20. The van der Waals surface area contributed by atoms with Crippen LogP contribution in [0, 0.1) is 10.7 Å². The molecule has 37 heavy (non-hydrogen) atoms. The summed E-state index contributed by atoms with van der Waals surface area (Å²) in [5.74, 6) is -0.893. The number of carbonyl (C=O) groups is 1. The van der Waals surface area contributed by atoms with Gasteiger partial charge in [0.1, 0.15) is 0 Å². The molecule has 2 N–H and O–H groups in total. The molecular formula is C27H33Br4I3O3. The van der Waals surface area contributed by atoms with E-state index < -0.39 is 5.97 Å². The number of aliphatic hydroxyl groups excluding tert-OH is 1. The van der Waals surface area contributed by atoms with Crippen LogP contribution in [-0.2, 0) is 11.9 Å². The summed E-state index contributed by atoms with van der Waals surface area (Å²) in [6.45, 7) is 12.1. The van der Waals surface area contributed by atoms with Gasteiger partial charge in [0.25, 0.3) is 0 Å². The normalized spacial score (nSPS) is 8.70. The average molecular weight is 1110 g/mol. The molecule has 3 rings (SSSR count). The monoisotopic (exact) mass is 1100 g/mol. The van der Waals surface area contributed by atoms with Crippen LogP contribution < -0.4 is 0 Å². The fraction of sp³-hybridized carbons (Fsp3) is 0.296. The van der Waals surface area contributed by atoms with Crippen molar-refractivity contribution in [1.29, 1.82) is 0 Å². The van der Waals surface area contributed by atoms with Gasteiger partial charge in [0, 0.05) is 29.5 Å². The quantitative estimate of drug-likeness (QED) is 0.203. The summed E-state index contributed by atoms with van der Waals surface area (Å²) in [6, 6.07) is 17.3. The van der Waals surface area contributed by atoms with E-state index in [2.05, 4.69) is 121 Å². The van der Waals surface area contributed by atoms with Crippen LogP contribution in [0.15, 0.2) is 68.0 Å². The molecule has 0 unspecified atom stereocenters. The number of benzene rings is 3. The van der Waals surface area contributed by atoms with Crippen molar-refractivity contribution in [3.05, 3.63) is 95.4 Å². The maximum absolute atomic E-state index is 10.5. The van der Waals surface area contributed by atoms with Crippen molar-refractivity contribution in [2.45, 2.75) is 53.5 Å². The molecule has 0 fully saturated rings. The number of carboxylic acids is 1. The predicted molar refractivity (Wildman–Crippen MR) is 200 cm³/mol. The molecule has 0 bridgehead atoms. The molecule has 0 amide bonds. The van der Waals surface area contributed by atoms with Crippen molar-refractivity contribution in [3.63, 3.8) is 0 Å². The fourth-order valence-electron chi connectivity index (χ4n) is 1.97. The Bertz CT molecular complexity index is 984. The van der Waals surface area contributed by atoms with E-state index >= 15 is 0 Å². The van der Waals surface area contributed by atoms with E-state index in [1.54, 1.807) is 12.1 Å². The number of aromatic carboxylic acids is 1. The minimum atomic E-state index is -0.893. The van der Waals surface area contributed by atoms with Crippen LogP contribution in [0.25, 0.3) is 0 Å². The zero-order chi connectivity index (χ0) is 29.6. The summed E-state index contributed by atoms with van der Waals surface area (Å²) in [4.78, 5) is 10.5. The van der Waals surface area contributed by atoms with Crippen molar-refractivity contribution in [1.82, 2.24) is 0 Å². The maximum atomic E-state index is 10.5. The highest BCUT2D eigenvalue weighted by Gasteiger charge is 2.07. The Balaban J connectivity index is -0.000000425. The van der Waals surface area contributed by atoms with Gasteiger partial charge in [0.2, 0.25) is 0 Å². The van der Waals surface area contributed by atoms with Gasteiger partial charge in [0.05, 0.1) is 12.2 Å². The van der Waals surface area contributed by atoms with Gasteiger partial charge in [-0.3, -0.25) is 0 Å². The van der Waals surface area contributed by atoms with E-state index in [4.69, 9.17) is 10.2 Å². The lowest BCUT2D eigenvalue weighted by molar-refractivity contribution is 0.0695. The van der Waals surface area contributed by atoms with Crippen LogP contribution >= 0.6 is 131 Å². The van der Waals surface area contributed by atoms with Crippen LogP contribution in [0.1, 0.15) is 63.0 Å². The van der Waals surface area contributed by atoms with Crippen molar-refractivity contribution >= 4 is 137 Å². The predicted octanol–water partition coefficient (Wildman–Crippen LogP) is 12.3. The minimum Gasteiger partial charge on any atom is -0.478 e. The average Bonchev–Trinajstić information content (AvgIpc) is 2.92. The molecule has 0 heterocycles. The third-order valence-corrected chi connectivity index (χ3v) is 8.62. The van der Waals surface area contributed by atoms with Crippen LogP contribution in [0.5, 0.6) is 0 Å². The Kier molecular flexibility index (Phi) is 31.6. The lowest BCUT2D eigenvalue weighted by Crippen LogP contribution is -1.98. The van der Waals surface area contributed by atoms with E-state index in [0.717, 1.165) is 31.5 Å². The minimum absolute atomic E-state index is 0.109. The Labute approximate surface area is 297 Å². The first-order valence-corrected chi connectivity index (χ1v) is 18.1. The van der Waals surface area contributed by atoms with E-state index in [1.807, 2.05) is 94.5 Å². The van der Waals surface area contributed by atoms with Crippen molar-refractivity contribution in [2.75, 3.05) is 0 Å². The second kappa shape index (κ2) is 27.4. The molecule has 0 radical (unpaired) electrons. The first-order valence-electron chi connectivity index (χ1n) is 11.3. The van der Waals surface area contributed by atoms with E-state index in [-0.39, 0.29) is 6.61 Å². The van der Waals surface area contributed by atoms with Gasteiger partial charge < -0.3 is 10.2 Å². The van der Waals surface area contributed by atoms with Gasteiger partial charge in [0.15, 0.2) is 0 Å².